The van der Waals surface area contributed by atoms with Gasteiger partial charge in [-0.05, 0) is 25.0 Å². The molecule has 0 unspecified atom stereocenters. The summed E-state index contributed by atoms with van der Waals surface area (Å²) in [5.74, 6) is 1.16. The highest BCUT2D eigenvalue weighted by atomic mass is 16.2. The molecule has 2 N–H and O–H groups in total. The Bertz CT molecular complexity index is 606. The van der Waals surface area contributed by atoms with Gasteiger partial charge >= 0.3 is 6.03 Å². The minimum absolute atomic E-state index is 0.210. The number of anilines is 1. The first-order valence-corrected chi connectivity index (χ1v) is 7.13. The lowest BCUT2D eigenvalue weighted by molar-refractivity contribution is 0.251. The van der Waals surface area contributed by atoms with E-state index in [1.54, 1.807) is 6.33 Å². The Hall–Kier alpha value is -2.37. The van der Waals surface area contributed by atoms with Crippen LogP contribution < -0.4 is 10.6 Å². The number of aromatic nitrogens is 3. The molecule has 0 saturated heterocycles. The minimum atomic E-state index is -0.210. The lowest BCUT2D eigenvalue weighted by Crippen LogP contribution is -2.31. The molecule has 6 heteroatoms. The van der Waals surface area contributed by atoms with E-state index in [1.165, 1.54) is 0 Å². The fourth-order valence-electron chi connectivity index (χ4n) is 1.95. The lowest BCUT2D eigenvalue weighted by atomic mass is 10.1. The standard InChI is InChI=1S/C15H21N5O/c1-4-20-10-17-19-14(20)12-7-5-6-8-13(12)18-15(21)16-9-11(2)3/h5-8,10-11H,4,9H2,1-3H3,(H2,16,18,21). The van der Waals surface area contributed by atoms with Crippen molar-refractivity contribution in [1.82, 2.24) is 20.1 Å². The van der Waals surface area contributed by atoms with E-state index in [0.29, 0.717) is 12.5 Å². The first-order chi connectivity index (χ1) is 10.1. The van der Waals surface area contributed by atoms with Crippen LogP contribution in [-0.4, -0.2) is 27.3 Å². The summed E-state index contributed by atoms with van der Waals surface area (Å²) in [4.78, 5) is 11.9. The van der Waals surface area contributed by atoms with Gasteiger partial charge in [0.15, 0.2) is 5.82 Å². The average Bonchev–Trinajstić information content (AvgIpc) is 2.94. The van der Waals surface area contributed by atoms with Gasteiger partial charge in [-0.2, -0.15) is 0 Å². The predicted octanol–water partition coefficient (Wildman–Crippen LogP) is 2.74. The van der Waals surface area contributed by atoms with E-state index in [0.717, 1.165) is 23.6 Å². The van der Waals surface area contributed by atoms with Crippen LogP contribution in [0.1, 0.15) is 20.8 Å². The van der Waals surface area contributed by atoms with Gasteiger partial charge in [-0.1, -0.05) is 26.0 Å². The molecule has 2 rings (SSSR count). The van der Waals surface area contributed by atoms with Crippen LogP contribution in [0.15, 0.2) is 30.6 Å². The van der Waals surface area contributed by atoms with E-state index in [9.17, 15) is 4.79 Å². The van der Waals surface area contributed by atoms with Crippen molar-refractivity contribution in [3.8, 4) is 11.4 Å². The van der Waals surface area contributed by atoms with Crippen LogP contribution in [0.3, 0.4) is 0 Å². The Labute approximate surface area is 124 Å². The fraction of sp³-hybridized carbons (Fsp3) is 0.400. The zero-order chi connectivity index (χ0) is 15.2. The third-order valence-electron chi connectivity index (χ3n) is 3.04. The largest absolute Gasteiger partial charge is 0.338 e. The average molecular weight is 287 g/mol. The molecule has 0 radical (unpaired) electrons. The Morgan fingerprint density at radius 3 is 2.81 bits per heavy atom. The second-order valence-electron chi connectivity index (χ2n) is 5.22. The number of carbonyl (C=O) groups is 1. The molecular formula is C15H21N5O. The summed E-state index contributed by atoms with van der Waals surface area (Å²) in [5.41, 5.74) is 1.58. The van der Waals surface area contributed by atoms with Crippen molar-refractivity contribution in [3.05, 3.63) is 30.6 Å². The summed E-state index contributed by atoms with van der Waals surface area (Å²) >= 11 is 0. The van der Waals surface area contributed by atoms with E-state index >= 15 is 0 Å². The van der Waals surface area contributed by atoms with Gasteiger partial charge in [0.1, 0.15) is 6.33 Å². The molecule has 1 aromatic heterocycles. The Morgan fingerprint density at radius 2 is 2.10 bits per heavy atom. The fourth-order valence-corrected chi connectivity index (χ4v) is 1.95. The molecule has 0 aliphatic heterocycles. The Balaban J connectivity index is 2.20. The molecule has 2 amide bonds. The van der Waals surface area contributed by atoms with Crippen LogP contribution in [-0.2, 0) is 6.54 Å². The molecule has 0 fully saturated rings. The third kappa shape index (κ3) is 3.81. The number of hydrogen-bond acceptors (Lipinski definition) is 3. The number of benzene rings is 1. The molecule has 1 aromatic carbocycles. The van der Waals surface area contributed by atoms with Gasteiger partial charge in [0.25, 0.3) is 0 Å². The molecule has 2 aromatic rings. The van der Waals surface area contributed by atoms with E-state index in [2.05, 4.69) is 34.7 Å². The van der Waals surface area contributed by atoms with Crippen molar-refractivity contribution in [2.75, 3.05) is 11.9 Å². The molecule has 0 aliphatic carbocycles. The maximum absolute atomic E-state index is 11.9. The van der Waals surface area contributed by atoms with Gasteiger partial charge in [-0.3, -0.25) is 0 Å². The number of nitrogens with one attached hydrogen (secondary N) is 2. The van der Waals surface area contributed by atoms with Crippen LogP contribution >= 0.6 is 0 Å². The van der Waals surface area contributed by atoms with Gasteiger partial charge in [0, 0.05) is 18.7 Å². The van der Waals surface area contributed by atoms with Crippen molar-refractivity contribution in [3.63, 3.8) is 0 Å². The Morgan fingerprint density at radius 1 is 1.33 bits per heavy atom. The number of para-hydroxylation sites is 1. The maximum atomic E-state index is 11.9. The van der Waals surface area contributed by atoms with Crippen LogP contribution in [0.4, 0.5) is 10.5 Å². The van der Waals surface area contributed by atoms with Crippen molar-refractivity contribution < 1.29 is 4.79 Å². The number of urea groups is 1. The first kappa shape index (κ1) is 15.0. The van der Waals surface area contributed by atoms with Crippen molar-refractivity contribution in [2.45, 2.75) is 27.3 Å². The zero-order valence-electron chi connectivity index (χ0n) is 12.6. The third-order valence-corrected chi connectivity index (χ3v) is 3.04. The molecule has 6 nitrogen and oxygen atoms in total. The Kier molecular flexibility index (Phi) is 4.92. The molecule has 0 aliphatic rings. The molecule has 1 heterocycles. The van der Waals surface area contributed by atoms with Gasteiger partial charge in [0.2, 0.25) is 0 Å². The zero-order valence-corrected chi connectivity index (χ0v) is 12.6. The van der Waals surface area contributed by atoms with Crippen LogP contribution in [0.5, 0.6) is 0 Å². The quantitative estimate of drug-likeness (QED) is 0.888. The van der Waals surface area contributed by atoms with Crippen molar-refractivity contribution in [2.24, 2.45) is 5.92 Å². The van der Waals surface area contributed by atoms with Gasteiger partial charge in [-0.25, -0.2) is 4.79 Å². The van der Waals surface area contributed by atoms with Crippen molar-refractivity contribution in [1.29, 1.82) is 0 Å². The number of nitrogens with zero attached hydrogens (tertiary/aromatic N) is 3. The monoisotopic (exact) mass is 287 g/mol. The number of rotatable bonds is 5. The maximum Gasteiger partial charge on any atom is 0.319 e. The van der Waals surface area contributed by atoms with Gasteiger partial charge < -0.3 is 15.2 Å². The topological polar surface area (TPSA) is 71.8 Å². The number of aryl methyl sites for hydroxylation is 1. The molecule has 0 spiro atoms. The molecule has 0 atom stereocenters. The lowest BCUT2D eigenvalue weighted by Gasteiger charge is -2.13. The van der Waals surface area contributed by atoms with Gasteiger partial charge in [0.05, 0.1) is 5.69 Å². The number of amides is 2. The van der Waals surface area contributed by atoms with E-state index in [1.807, 2.05) is 35.8 Å². The summed E-state index contributed by atoms with van der Waals surface area (Å²) in [6.45, 7) is 7.55. The SMILES string of the molecule is CCn1cnnc1-c1ccccc1NC(=O)NCC(C)C. The van der Waals surface area contributed by atoms with Crippen molar-refractivity contribution >= 4 is 11.7 Å². The second-order valence-corrected chi connectivity index (χ2v) is 5.22. The second kappa shape index (κ2) is 6.88. The molecular weight excluding hydrogens is 266 g/mol. The number of carbonyl (C=O) groups excluding carboxylic acids is 1. The van der Waals surface area contributed by atoms with Crippen LogP contribution in [0, 0.1) is 5.92 Å². The normalized spacial score (nSPS) is 10.7. The van der Waals surface area contributed by atoms with E-state index in [-0.39, 0.29) is 6.03 Å². The summed E-state index contributed by atoms with van der Waals surface area (Å²) in [6.07, 6.45) is 1.69. The minimum Gasteiger partial charge on any atom is -0.338 e. The van der Waals surface area contributed by atoms with Crippen LogP contribution in [0.25, 0.3) is 11.4 Å². The highest BCUT2D eigenvalue weighted by Crippen LogP contribution is 2.25. The summed E-state index contributed by atoms with van der Waals surface area (Å²) in [5, 5.41) is 13.8. The van der Waals surface area contributed by atoms with E-state index < -0.39 is 0 Å². The van der Waals surface area contributed by atoms with E-state index in [4.69, 9.17) is 0 Å². The summed E-state index contributed by atoms with van der Waals surface area (Å²) in [7, 11) is 0. The molecule has 21 heavy (non-hydrogen) atoms. The number of hydrogen-bond donors (Lipinski definition) is 2. The van der Waals surface area contributed by atoms with Crippen LogP contribution in [0.2, 0.25) is 0 Å². The van der Waals surface area contributed by atoms with Gasteiger partial charge in [-0.15, -0.1) is 10.2 Å². The predicted molar refractivity (Wildman–Crippen MR) is 83.0 cm³/mol. The highest BCUT2D eigenvalue weighted by Gasteiger charge is 2.12. The summed E-state index contributed by atoms with van der Waals surface area (Å²) < 4.78 is 1.94. The molecule has 112 valence electrons. The smallest absolute Gasteiger partial charge is 0.319 e. The highest BCUT2D eigenvalue weighted by molar-refractivity contribution is 5.93. The first-order valence-electron chi connectivity index (χ1n) is 7.13. The summed E-state index contributed by atoms with van der Waals surface area (Å²) in [6, 6.07) is 7.38. The molecule has 0 saturated carbocycles. The molecule has 0 bridgehead atoms.